The fourth-order valence-corrected chi connectivity index (χ4v) is 1.32. The normalized spacial score (nSPS) is 21.0. The third-order valence-corrected chi connectivity index (χ3v) is 1.88. The van der Waals surface area contributed by atoms with Gasteiger partial charge in [-0.2, -0.15) is 0 Å². The first-order valence-electron chi connectivity index (χ1n) is 3.85. The molecule has 1 aliphatic rings. The Balaban J connectivity index is 2.28. The molecule has 0 atom stereocenters. The summed E-state index contributed by atoms with van der Waals surface area (Å²) in [5.74, 6) is -2.91. The number of nitrogens with zero attached hydrogens (tertiary/aromatic N) is 1. The van der Waals surface area contributed by atoms with Crippen LogP contribution >= 0.6 is 0 Å². The van der Waals surface area contributed by atoms with Crippen molar-refractivity contribution in [2.24, 2.45) is 0 Å². The lowest BCUT2D eigenvalue weighted by Gasteiger charge is -2.20. The van der Waals surface area contributed by atoms with Crippen molar-refractivity contribution in [2.75, 3.05) is 26.2 Å². The van der Waals surface area contributed by atoms with E-state index >= 15 is 0 Å². The number of likely N-dealkylation sites (tertiary alicyclic amines) is 1. The molecule has 0 radical (unpaired) electrons. The minimum Gasteiger partial charge on any atom is -0.390 e. The highest BCUT2D eigenvalue weighted by atomic mass is 19.3. The average Bonchev–Trinajstić information content (AvgIpc) is 2.39. The van der Waals surface area contributed by atoms with E-state index in [1.54, 1.807) is 4.90 Å². The highest BCUT2D eigenvalue weighted by Crippen LogP contribution is 2.17. The number of hydrogen-bond donors (Lipinski definition) is 1. The second-order valence-corrected chi connectivity index (χ2v) is 3.00. The molecule has 0 unspecified atom stereocenters. The molecular weight excluding hydrogens is 152 g/mol. The maximum atomic E-state index is 12.5. The van der Waals surface area contributed by atoms with E-state index in [-0.39, 0.29) is 6.54 Å². The van der Waals surface area contributed by atoms with Crippen LogP contribution in [0.3, 0.4) is 0 Å². The molecule has 1 fully saturated rings. The van der Waals surface area contributed by atoms with Gasteiger partial charge in [-0.05, 0) is 25.9 Å². The van der Waals surface area contributed by atoms with Crippen molar-refractivity contribution in [3.8, 4) is 0 Å². The van der Waals surface area contributed by atoms with Crippen LogP contribution in [0.4, 0.5) is 8.78 Å². The molecule has 4 heteroatoms. The first-order valence-corrected chi connectivity index (χ1v) is 3.85. The minimum atomic E-state index is -2.91. The van der Waals surface area contributed by atoms with Crippen LogP contribution in [0.1, 0.15) is 12.8 Å². The summed E-state index contributed by atoms with van der Waals surface area (Å²) in [6.07, 6.45) is 2.00. The van der Waals surface area contributed by atoms with Gasteiger partial charge in [0.25, 0.3) is 5.92 Å². The van der Waals surface area contributed by atoms with Crippen molar-refractivity contribution in [1.29, 1.82) is 0 Å². The van der Waals surface area contributed by atoms with Gasteiger partial charge in [0.15, 0.2) is 0 Å². The Hall–Kier alpha value is -0.220. The van der Waals surface area contributed by atoms with E-state index in [0.717, 1.165) is 25.9 Å². The number of aliphatic hydroxyl groups excluding tert-OH is 1. The fraction of sp³-hybridized carbons (Fsp3) is 1.00. The van der Waals surface area contributed by atoms with Crippen molar-refractivity contribution < 1.29 is 13.9 Å². The number of halogens is 2. The van der Waals surface area contributed by atoms with Crippen LogP contribution in [0.15, 0.2) is 0 Å². The molecule has 66 valence electrons. The van der Waals surface area contributed by atoms with E-state index in [4.69, 9.17) is 5.11 Å². The van der Waals surface area contributed by atoms with Gasteiger partial charge in [0, 0.05) is 0 Å². The van der Waals surface area contributed by atoms with Crippen LogP contribution in [-0.4, -0.2) is 42.2 Å². The van der Waals surface area contributed by atoms with Gasteiger partial charge in [-0.1, -0.05) is 0 Å². The molecule has 0 aliphatic carbocycles. The van der Waals surface area contributed by atoms with E-state index in [1.165, 1.54) is 0 Å². The highest BCUT2D eigenvalue weighted by molar-refractivity contribution is 4.74. The first-order chi connectivity index (χ1) is 5.14. The topological polar surface area (TPSA) is 23.5 Å². The summed E-state index contributed by atoms with van der Waals surface area (Å²) < 4.78 is 25.0. The molecule has 0 spiro atoms. The molecule has 0 bridgehead atoms. The Labute approximate surface area is 64.8 Å². The van der Waals surface area contributed by atoms with Crippen molar-refractivity contribution in [3.63, 3.8) is 0 Å². The van der Waals surface area contributed by atoms with Gasteiger partial charge in [0.05, 0.1) is 6.54 Å². The zero-order valence-corrected chi connectivity index (χ0v) is 6.39. The van der Waals surface area contributed by atoms with Crippen molar-refractivity contribution in [3.05, 3.63) is 0 Å². The molecule has 2 nitrogen and oxygen atoms in total. The largest absolute Gasteiger partial charge is 0.390 e. The second kappa shape index (κ2) is 3.45. The summed E-state index contributed by atoms with van der Waals surface area (Å²) in [5, 5.41) is 8.28. The lowest BCUT2D eigenvalue weighted by Crippen LogP contribution is -2.37. The molecule has 0 aromatic heterocycles. The quantitative estimate of drug-likeness (QED) is 0.665. The SMILES string of the molecule is OCC(F)(F)CN1CCCC1. The summed E-state index contributed by atoms with van der Waals surface area (Å²) in [6, 6.07) is 0. The molecule has 0 amide bonds. The molecule has 11 heavy (non-hydrogen) atoms. The van der Waals surface area contributed by atoms with Gasteiger partial charge in [-0.15, -0.1) is 0 Å². The Kier molecular flexibility index (Phi) is 2.78. The summed E-state index contributed by atoms with van der Waals surface area (Å²) >= 11 is 0. The Morgan fingerprint density at radius 2 is 1.82 bits per heavy atom. The molecule has 1 heterocycles. The van der Waals surface area contributed by atoms with E-state index in [1.807, 2.05) is 0 Å². The molecule has 1 aliphatic heterocycles. The van der Waals surface area contributed by atoms with Crippen LogP contribution in [-0.2, 0) is 0 Å². The minimum absolute atomic E-state index is 0.288. The highest BCUT2D eigenvalue weighted by Gasteiger charge is 2.31. The zero-order chi connectivity index (χ0) is 8.32. The maximum absolute atomic E-state index is 12.5. The molecule has 1 N–H and O–H groups in total. The number of alkyl halides is 2. The Bertz CT molecular complexity index is 124. The number of hydrogen-bond acceptors (Lipinski definition) is 2. The zero-order valence-electron chi connectivity index (χ0n) is 6.39. The van der Waals surface area contributed by atoms with Gasteiger partial charge in [-0.25, -0.2) is 8.78 Å². The van der Waals surface area contributed by atoms with Crippen molar-refractivity contribution in [2.45, 2.75) is 18.8 Å². The molecular formula is C7H13F2NO. The third-order valence-electron chi connectivity index (χ3n) is 1.88. The summed E-state index contributed by atoms with van der Waals surface area (Å²) in [7, 11) is 0. The summed E-state index contributed by atoms with van der Waals surface area (Å²) in [5.41, 5.74) is 0. The van der Waals surface area contributed by atoms with Crippen LogP contribution in [0, 0.1) is 0 Å². The van der Waals surface area contributed by atoms with Crippen LogP contribution in [0.2, 0.25) is 0 Å². The number of rotatable bonds is 3. The molecule has 1 saturated heterocycles. The van der Waals surface area contributed by atoms with E-state index in [2.05, 4.69) is 0 Å². The van der Waals surface area contributed by atoms with Gasteiger partial charge in [0.1, 0.15) is 6.61 Å². The molecule has 0 aromatic carbocycles. The van der Waals surface area contributed by atoms with E-state index in [0.29, 0.717) is 0 Å². The number of aliphatic hydroxyl groups is 1. The van der Waals surface area contributed by atoms with Crippen molar-refractivity contribution >= 4 is 0 Å². The first kappa shape index (κ1) is 8.87. The molecule has 0 aromatic rings. The van der Waals surface area contributed by atoms with Gasteiger partial charge in [-0.3, -0.25) is 4.90 Å². The lowest BCUT2D eigenvalue weighted by atomic mass is 10.3. The van der Waals surface area contributed by atoms with Gasteiger partial charge < -0.3 is 5.11 Å². The van der Waals surface area contributed by atoms with E-state index in [9.17, 15) is 8.78 Å². The Morgan fingerprint density at radius 1 is 1.27 bits per heavy atom. The second-order valence-electron chi connectivity index (χ2n) is 3.00. The fourth-order valence-electron chi connectivity index (χ4n) is 1.32. The van der Waals surface area contributed by atoms with Crippen LogP contribution in [0.25, 0.3) is 0 Å². The van der Waals surface area contributed by atoms with Gasteiger partial charge in [0.2, 0.25) is 0 Å². The average molecular weight is 165 g/mol. The standard InChI is InChI=1S/C7H13F2NO/c8-7(9,6-11)5-10-3-1-2-4-10/h11H,1-6H2. The molecule has 0 saturated carbocycles. The van der Waals surface area contributed by atoms with Gasteiger partial charge >= 0.3 is 0 Å². The smallest absolute Gasteiger partial charge is 0.283 e. The lowest BCUT2D eigenvalue weighted by molar-refractivity contribution is -0.0691. The predicted octanol–water partition coefficient (Wildman–Crippen LogP) is 0.710. The monoisotopic (exact) mass is 165 g/mol. The van der Waals surface area contributed by atoms with Crippen molar-refractivity contribution in [1.82, 2.24) is 4.90 Å². The summed E-state index contributed by atoms with van der Waals surface area (Å²) in [6.45, 7) is 0.165. The third kappa shape index (κ3) is 2.71. The van der Waals surface area contributed by atoms with Crippen LogP contribution < -0.4 is 0 Å². The predicted molar refractivity (Wildman–Crippen MR) is 37.7 cm³/mol. The Morgan fingerprint density at radius 3 is 2.27 bits per heavy atom. The molecule has 1 rings (SSSR count). The summed E-state index contributed by atoms with van der Waals surface area (Å²) in [4.78, 5) is 1.69. The van der Waals surface area contributed by atoms with E-state index < -0.39 is 12.5 Å². The maximum Gasteiger partial charge on any atom is 0.283 e. The van der Waals surface area contributed by atoms with Crippen LogP contribution in [0.5, 0.6) is 0 Å².